The summed E-state index contributed by atoms with van der Waals surface area (Å²) in [4.78, 5) is 23.8. The largest absolute Gasteiger partial charge is 0.460 e. The van der Waals surface area contributed by atoms with Gasteiger partial charge in [-0.2, -0.15) is 0 Å². The molecular formula is C17H33NO5. The number of nitrogens with one attached hydrogen (secondary N) is 1. The first-order chi connectivity index (χ1) is 10.2. The van der Waals surface area contributed by atoms with E-state index in [1.54, 1.807) is 41.5 Å². The minimum absolute atomic E-state index is 0.176. The molecule has 0 saturated carbocycles. The number of amides is 1. The van der Waals surface area contributed by atoms with E-state index >= 15 is 0 Å². The van der Waals surface area contributed by atoms with Crippen LogP contribution in [-0.2, 0) is 14.3 Å². The van der Waals surface area contributed by atoms with Crippen molar-refractivity contribution in [3.63, 3.8) is 0 Å². The van der Waals surface area contributed by atoms with E-state index in [4.69, 9.17) is 9.47 Å². The van der Waals surface area contributed by atoms with Crippen LogP contribution in [0.5, 0.6) is 0 Å². The van der Waals surface area contributed by atoms with Gasteiger partial charge in [-0.15, -0.1) is 0 Å². The monoisotopic (exact) mass is 331 g/mol. The van der Waals surface area contributed by atoms with Gasteiger partial charge in [-0.3, -0.25) is 4.79 Å². The Kier molecular flexibility index (Phi) is 8.04. The van der Waals surface area contributed by atoms with Crippen molar-refractivity contribution in [3.8, 4) is 0 Å². The topological polar surface area (TPSA) is 84.9 Å². The van der Waals surface area contributed by atoms with Crippen LogP contribution in [0.3, 0.4) is 0 Å². The number of alkyl carbamates (subject to hydrolysis) is 1. The first-order valence-electron chi connectivity index (χ1n) is 8.09. The van der Waals surface area contributed by atoms with Gasteiger partial charge in [0.05, 0.1) is 18.6 Å². The van der Waals surface area contributed by atoms with Crippen LogP contribution in [-0.4, -0.2) is 40.5 Å². The zero-order chi connectivity index (χ0) is 18.4. The molecule has 2 atom stereocenters. The van der Waals surface area contributed by atoms with Crippen molar-refractivity contribution < 1.29 is 24.2 Å². The average Bonchev–Trinajstić information content (AvgIpc) is 2.21. The molecule has 0 aromatic rings. The van der Waals surface area contributed by atoms with Crippen molar-refractivity contribution in [2.75, 3.05) is 0 Å². The van der Waals surface area contributed by atoms with E-state index in [2.05, 4.69) is 5.32 Å². The Morgan fingerprint density at radius 1 is 1.00 bits per heavy atom. The summed E-state index contributed by atoms with van der Waals surface area (Å²) < 4.78 is 10.4. The molecule has 0 aliphatic rings. The Labute approximate surface area is 139 Å². The second-order valence-electron chi connectivity index (χ2n) is 8.24. The van der Waals surface area contributed by atoms with Gasteiger partial charge in [-0.25, -0.2) is 4.79 Å². The van der Waals surface area contributed by atoms with Crippen molar-refractivity contribution in [1.29, 1.82) is 0 Å². The van der Waals surface area contributed by atoms with Gasteiger partial charge in [0.1, 0.15) is 11.2 Å². The number of carbonyl (C=O) groups excluding carboxylic acids is 2. The van der Waals surface area contributed by atoms with Crippen LogP contribution >= 0.6 is 0 Å². The minimum atomic E-state index is -1.03. The number of hydrogen-bond donors (Lipinski definition) is 2. The predicted molar refractivity (Wildman–Crippen MR) is 89.1 cm³/mol. The van der Waals surface area contributed by atoms with E-state index in [0.29, 0.717) is 6.42 Å². The third-order valence-corrected chi connectivity index (χ3v) is 2.69. The highest BCUT2D eigenvalue weighted by Crippen LogP contribution is 2.15. The molecule has 0 bridgehead atoms. The molecule has 136 valence electrons. The summed E-state index contributed by atoms with van der Waals surface area (Å²) in [6.45, 7) is 14.5. The summed E-state index contributed by atoms with van der Waals surface area (Å²) in [7, 11) is 0. The van der Waals surface area contributed by atoms with Crippen LogP contribution < -0.4 is 5.32 Å². The van der Waals surface area contributed by atoms with E-state index in [9.17, 15) is 14.7 Å². The van der Waals surface area contributed by atoms with E-state index in [0.717, 1.165) is 0 Å². The van der Waals surface area contributed by atoms with Crippen molar-refractivity contribution >= 4 is 12.1 Å². The second-order valence-corrected chi connectivity index (χ2v) is 8.24. The molecule has 0 fully saturated rings. The van der Waals surface area contributed by atoms with E-state index in [1.807, 2.05) is 13.8 Å². The summed E-state index contributed by atoms with van der Waals surface area (Å²) >= 11 is 0. The maximum absolute atomic E-state index is 11.9. The zero-order valence-corrected chi connectivity index (χ0v) is 15.7. The first-order valence-corrected chi connectivity index (χ1v) is 8.09. The Bertz CT molecular complexity index is 393. The lowest BCUT2D eigenvalue weighted by Crippen LogP contribution is -2.47. The van der Waals surface area contributed by atoms with Crippen LogP contribution in [0, 0.1) is 5.92 Å². The summed E-state index contributed by atoms with van der Waals surface area (Å²) in [5.74, 6) is -0.257. The van der Waals surface area contributed by atoms with E-state index in [1.165, 1.54) is 0 Å². The summed E-state index contributed by atoms with van der Waals surface area (Å²) in [5.41, 5.74) is -1.23. The standard InChI is InChI=1S/C17H33NO5/c1-11(2)9-12(18-15(21)23-17(6,7)8)13(19)10-14(20)22-16(3,4)5/h11-13,19H,9-10H2,1-8H3,(H,18,21)/t12-,13-/m0/s1. The molecule has 0 aromatic carbocycles. The third-order valence-electron chi connectivity index (χ3n) is 2.69. The van der Waals surface area contributed by atoms with Gasteiger partial charge < -0.3 is 19.9 Å². The molecule has 0 saturated heterocycles. The number of hydrogen-bond acceptors (Lipinski definition) is 5. The lowest BCUT2D eigenvalue weighted by molar-refractivity contribution is -0.157. The maximum Gasteiger partial charge on any atom is 0.407 e. The zero-order valence-electron chi connectivity index (χ0n) is 15.7. The van der Waals surface area contributed by atoms with Gasteiger partial charge in [-0.05, 0) is 53.9 Å². The lowest BCUT2D eigenvalue weighted by Gasteiger charge is -2.28. The number of carbonyl (C=O) groups is 2. The van der Waals surface area contributed by atoms with Gasteiger partial charge in [0.2, 0.25) is 0 Å². The Balaban J connectivity index is 4.76. The SMILES string of the molecule is CC(C)C[C@H](NC(=O)OC(C)(C)C)[C@@H](O)CC(=O)OC(C)(C)C. The number of esters is 1. The molecule has 0 rings (SSSR count). The second kappa shape index (κ2) is 8.52. The van der Waals surface area contributed by atoms with Gasteiger partial charge in [0, 0.05) is 0 Å². The highest BCUT2D eigenvalue weighted by atomic mass is 16.6. The highest BCUT2D eigenvalue weighted by Gasteiger charge is 2.28. The van der Waals surface area contributed by atoms with Gasteiger partial charge in [0.25, 0.3) is 0 Å². The average molecular weight is 331 g/mol. The molecule has 0 aliphatic heterocycles. The minimum Gasteiger partial charge on any atom is -0.460 e. The van der Waals surface area contributed by atoms with Crippen molar-refractivity contribution in [1.82, 2.24) is 5.32 Å². The fourth-order valence-electron chi connectivity index (χ4n) is 1.98. The molecule has 0 radical (unpaired) electrons. The highest BCUT2D eigenvalue weighted by molar-refractivity contribution is 5.71. The van der Waals surface area contributed by atoms with Crippen LogP contribution in [0.2, 0.25) is 0 Å². The van der Waals surface area contributed by atoms with Crippen LogP contribution in [0.4, 0.5) is 4.79 Å². The number of aliphatic hydroxyl groups is 1. The Morgan fingerprint density at radius 2 is 1.48 bits per heavy atom. The first kappa shape index (κ1) is 21.7. The number of aliphatic hydroxyl groups excluding tert-OH is 1. The predicted octanol–water partition coefficient (Wildman–Crippen LogP) is 3.02. The molecule has 1 amide bonds. The van der Waals surface area contributed by atoms with E-state index in [-0.39, 0.29) is 12.3 Å². The smallest absolute Gasteiger partial charge is 0.407 e. The Morgan fingerprint density at radius 3 is 1.87 bits per heavy atom. The van der Waals surface area contributed by atoms with E-state index < -0.39 is 35.4 Å². The number of ether oxygens (including phenoxy) is 2. The molecule has 0 heterocycles. The Hall–Kier alpha value is -1.30. The molecule has 2 N–H and O–H groups in total. The molecule has 0 unspecified atom stereocenters. The van der Waals surface area contributed by atoms with Crippen LogP contribution in [0.1, 0.15) is 68.2 Å². The maximum atomic E-state index is 11.9. The van der Waals surface area contributed by atoms with Crippen LogP contribution in [0.15, 0.2) is 0 Å². The van der Waals surface area contributed by atoms with Gasteiger partial charge >= 0.3 is 12.1 Å². The summed E-state index contributed by atoms with van der Waals surface area (Å²) in [6, 6.07) is -0.572. The molecule has 0 spiro atoms. The fraction of sp³-hybridized carbons (Fsp3) is 0.882. The van der Waals surface area contributed by atoms with Crippen molar-refractivity contribution in [2.45, 2.75) is 91.6 Å². The molecule has 6 nitrogen and oxygen atoms in total. The molecule has 23 heavy (non-hydrogen) atoms. The fourth-order valence-corrected chi connectivity index (χ4v) is 1.98. The molecular weight excluding hydrogens is 298 g/mol. The van der Waals surface area contributed by atoms with Crippen molar-refractivity contribution in [2.24, 2.45) is 5.92 Å². The molecule has 6 heteroatoms. The molecule has 0 aliphatic carbocycles. The summed E-state index contributed by atoms with van der Waals surface area (Å²) in [6.07, 6.45) is -1.28. The molecule has 0 aromatic heterocycles. The van der Waals surface area contributed by atoms with Crippen LogP contribution in [0.25, 0.3) is 0 Å². The number of rotatable bonds is 6. The van der Waals surface area contributed by atoms with Gasteiger partial charge in [0.15, 0.2) is 0 Å². The summed E-state index contributed by atoms with van der Waals surface area (Å²) in [5, 5.41) is 13.0. The quantitative estimate of drug-likeness (QED) is 0.731. The third kappa shape index (κ3) is 11.9. The van der Waals surface area contributed by atoms with Gasteiger partial charge in [-0.1, -0.05) is 13.8 Å². The van der Waals surface area contributed by atoms with Crippen molar-refractivity contribution in [3.05, 3.63) is 0 Å². The normalized spacial score (nSPS) is 15.0. The lowest BCUT2D eigenvalue weighted by atomic mass is 9.97.